The molecule has 0 bridgehead atoms. The van der Waals surface area contributed by atoms with E-state index in [-0.39, 0.29) is 5.78 Å². The number of carbonyl (C=O) groups excluding carboxylic acids is 1. The quantitative estimate of drug-likeness (QED) is 0.467. The van der Waals surface area contributed by atoms with Gasteiger partial charge in [-0.1, -0.05) is 36.7 Å². The summed E-state index contributed by atoms with van der Waals surface area (Å²) in [5.74, 6) is 0.00130. The highest BCUT2D eigenvalue weighted by molar-refractivity contribution is 14.1. The number of aromatic amines is 1. The molecule has 0 saturated carbocycles. The Bertz CT molecular complexity index is 838. The molecule has 1 heterocycles. The molecule has 106 valence electrons. The summed E-state index contributed by atoms with van der Waals surface area (Å²) < 4.78 is 0.906. The lowest BCUT2D eigenvalue weighted by molar-refractivity contribution is 0.103. The van der Waals surface area contributed by atoms with E-state index in [2.05, 4.69) is 40.6 Å². The molecule has 0 atom stereocenters. The average molecular weight is 410 g/mol. The smallest absolute Gasteiger partial charge is 0.196 e. The number of rotatable bonds is 3. The van der Waals surface area contributed by atoms with Crippen molar-refractivity contribution >= 4 is 50.9 Å². The van der Waals surface area contributed by atoms with Crippen molar-refractivity contribution in [2.75, 3.05) is 0 Å². The van der Waals surface area contributed by atoms with Crippen molar-refractivity contribution in [2.24, 2.45) is 0 Å². The molecular weight excluding hydrogens is 397 g/mol. The van der Waals surface area contributed by atoms with Crippen LogP contribution >= 0.6 is 34.2 Å². The maximum absolute atomic E-state index is 12.8. The molecule has 1 N–H and O–H groups in total. The van der Waals surface area contributed by atoms with Gasteiger partial charge in [0.1, 0.15) is 0 Å². The van der Waals surface area contributed by atoms with Crippen LogP contribution in [0.25, 0.3) is 10.9 Å². The van der Waals surface area contributed by atoms with Gasteiger partial charge in [-0.15, -0.1) is 0 Å². The molecule has 3 aromatic rings. The molecule has 0 amide bonds. The Balaban J connectivity index is 2.16. The zero-order valence-electron chi connectivity index (χ0n) is 11.4. The summed E-state index contributed by atoms with van der Waals surface area (Å²) in [5.41, 5.74) is 3.60. The Morgan fingerprint density at radius 3 is 2.81 bits per heavy atom. The predicted octanol–water partition coefficient (Wildman–Crippen LogP) is 5.22. The van der Waals surface area contributed by atoms with E-state index in [0.717, 1.165) is 20.9 Å². The van der Waals surface area contributed by atoms with Crippen LogP contribution in [0.1, 0.15) is 28.4 Å². The Morgan fingerprint density at radius 1 is 1.24 bits per heavy atom. The fourth-order valence-electron chi connectivity index (χ4n) is 2.52. The lowest BCUT2D eigenvalue weighted by Crippen LogP contribution is -2.03. The number of aromatic nitrogens is 1. The van der Waals surface area contributed by atoms with Crippen molar-refractivity contribution in [3.8, 4) is 0 Å². The third-order valence-electron chi connectivity index (χ3n) is 3.60. The normalized spacial score (nSPS) is 11.0. The van der Waals surface area contributed by atoms with Crippen LogP contribution in [0.3, 0.4) is 0 Å². The first kappa shape index (κ1) is 14.6. The molecule has 4 heteroatoms. The van der Waals surface area contributed by atoms with Crippen LogP contribution in [0.15, 0.2) is 42.6 Å². The Morgan fingerprint density at radius 2 is 2.05 bits per heavy atom. The van der Waals surface area contributed by atoms with E-state index >= 15 is 0 Å². The van der Waals surface area contributed by atoms with Crippen LogP contribution in [0.5, 0.6) is 0 Å². The average Bonchev–Trinajstić information content (AvgIpc) is 2.93. The van der Waals surface area contributed by atoms with Crippen LogP contribution in [-0.4, -0.2) is 10.8 Å². The van der Waals surface area contributed by atoms with E-state index in [0.29, 0.717) is 16.1 Å². The molecule has 0 spiro atoms. The molecule has 0 radical (unpaired) electrons. The minimum absolute atomic E-state index is 0.00130. The van der Waals surface area contributed by atoms with Gasteiger partial charge in [0.05, 0.1) is 0 Å². The van der Waals surface area contributed by atoms with E-state index in [4.69, 9.17) is 11.6 Å². The van der Waals surface area contributed by atoms with Crippen LogP contribution < -0.4 is 0 Å². The first-order valence-corrected chi connectivity index (χ1v) is 8.16. The first-order valence-electron chi connectivity index (χ1n) is 6.70. The van der Waals surface area contributed by atoms with E-state index in [1.807, 2.05) is 18.2 Å². The first-order chi connectivity index (χ1) is 10.1. The van der Waals surface area contributed by atoms with Gasteiger partial charge >= 0.3 is 0 Å². The summed E-state index contributed by atoms with van der Waals surface area (Å²) in [5, 5.41) is 1.54. The molecule has 0 saturated heterocycles. The summed E-state index contributed by atoms with van der Waals surface area (Å²) >= 11 is 8.19. The van der Waals surface area contributed by atoms with Crippen molar-refractivity contribution in [1.82, 2.24) is 4.98 Å². The van der Waals surface area contributed by atoms with Crippen molar-refractivity contribution in [1.29, 1.82) is 0 Å². The van der Waals surface area contributed by atoms with E-state index in [1.54, 1.807) is 18.3 Å². The monoisotopic (exact) mass is 409 g/mol. The molecule has 0 unspecified atom stereocenters. The molecule has 2 nitrogen and oxygen atoms in total. The molecule has 0 aliphatic rings. The number of hydrogen-bond acceptors (Lipinski definition) is 1. The number of hydrogen-bond donors (Lipinski definition) is 1. The highest BCUT2D eigenvalue weighted by atomic mass is 127. The van der Waals surface area contributed by atoms with Crippen molar-refractivity contribution < 1.29 is 4.79 Å². The standard InChI is InChI=1S/C17H13ClINO/c1-2-10-4-3-5-12-14(9-20-16(10)12)17(21)13-8-11(18)6-7-15(13)19/h3-9,20H,2H2,1H3. The summed E-state index contributed by atoms with van der Waals surface area (Å²) in [6.45, 7) is 2.11. The van der Waals surface area contributed by atoms with Gasteiger partial charge in [0.2, 0.25) is 0 Å². The second kappa shape index (κ2) is 5.81. The zero-order chi connectivity index (χ0) is 15.0. The summed E-state index contributed by atoms with van der Waals surface area (Å²) in [6, 6.07) is 11.4. The number of para-hydroxylation sites is 1. The molecule has 3 rings (SSSR count). The number of aryl methyl sites for hydroxylation is 1. The Hall–Kier alpha value is -1.33. The number of fused-ring (bicyclic) bond motifs is 1. The number of ketones is 1. The van der Waals surface area contributed by atoms with Gasteiger partial charge in [0.15, 0.2) is 5.78 Å². The number of carbonyl (C=O) groups is 1. The maximum Gasteiger partial charge on any atom is 0.196 e. The third kappa shape index (κ3) is 2.60. The van der Waals surface area contributed by atoms with Gasteiger partial charge in [-0.3, -0.25) is 4.79 Å². The highest BCUT2D eigenvalue weighted by Gasteiger charge is 2.17. The van der Waals surface area contributed by atoms with Gasteiger partial charge < -0.3 is 4.98 Å². The molecule has 0 aliphatic carbocycles. The van der Waals surface area contributed by atoms with Crippen molar-refractivity contribution in [3.05, 3.63) is 67.9 Å². The second-order valence-corrected chi connectivity index (χ2v) is 6.45. The minimum Gasteiger partial charge on any atom is -0.360 e. The second-order valence-electron chi connectivity index (χ2n) is 4.85. The Kier molecular flexibility index (Phi) is 4.04. The SMILES string of the molecule is CCc1cccc2c(C(=O)c3cc(Cl)ccc3I)c[nH]c12. The van der Waals surface area contributed by atoms with Crippen molar-refractivity contribution in [2.45, 2.75) is 13.3 Å². The number of halogens is 2. The lowest BCUT2D eigenvalue weighted by Gasteiger charge is -2.04. The van der Waals surface area contributed by atoms with Crippen LogP contribution in [0.2, 0.25) is 5.02 Å². The van der Waals surface area contributed by atoms with Crippen LogP contribution in [0, 0.1) is 3.57 Å². The number of benzene rings is 2. The van der Waals surface area contributed by atoms with Gasteiger partial charge in [-0.2, -0.15) is 0 Å². The summed E-state index contributed by atoms with van der Waals surface area (Å²) in [7, 11) is 0. The van der Waals surface area contributed by atoms with E-state index in [9.17, 15) is 4.79 Å². The zero-order valence-corrected chi connectivity index (χ0v) is 14.3. The fraction of sp³-hybridized carbons (Fsp3) is 0.118. The fourth-order valence-corrected chi connectivity index (χ4v) is 3.27. The topological polar surface area (TPSA) is 32.9 Å². The van der Waals surface area contributed by atoms with Crippen LogP contribution in [0.4, 0.5) is 0 Å². The van der Waals surface area contributed by atoms with Crippen LogP contribution in [-0.2, 0) is 6.42 Å². The van der Waals surface area contributed by atoms with E-state index < -0.39 is 0 Å². The maximum atomic E-state index is 12.8. The predicted molar refractivity (Wildman–Crippen MR) is 95.3 cm³/mol. The summed E-state index contributed by atoms with van der Waals surface area (Å²) in [4.78, 5) is 16.0. The Labute approximate surface area is 141 Å². The molecule has 2 aromatic carbocycles. The third-order valence-corrected chi connectivity index (χ3v) is 4.78. The van der Waals surface area contributed by atoms with E-state index in [1.165, 1.54) is 5.56 Å². The summed E-state index contributed by atoms with van der Waals surface area (Å²) in [6.07, 6.45) is 2.73. The molecule has 0 fully saturated rings. The number of nitrogens with one attached hydrogen (secondary N) is 1. The molecule has 0 aliphatic heterocycles. The van der Waals surface area contributed by atoms with Gasteiger partial charge in [0, 0.05) is 36.8 Å². The molecular formula is C17H13ClINO. The van der Waals surface area contributed by atoms with Gasteiger partial charge in [-0.25, -0.2) is 0 Å². The minimum atomic E-state index is 0.00130. The molecule has 21 heavy (non-hydrogen) atoms. The lowest BCUT2D eigenvalue weighted by atomic mass is 10.0. The molecule has 1 aromatic heterocycles. The van der Waals surface area contributed by atoms with Gasteiger partial charge in [-0.05, 0) is 52.8 Å². The highest BCUT2D eigenvalue weighted by Crippen LogP contribution is 2.27. The largest absolute Gasteiger partial charge is 0.360 e. The van der Waals surface area contributed by atoms with Gasteiger partial charge in [0.25, 0.3) is 0 Å². The van der Waals surface area contributed by atoms with Crippen molar-refractivity contribution in [3.63, 3.8) is 0 Å². The number of H-pyrrole nitrogens is 1.